The van der Waals surface area contributed by atoms with Gasteiger partial charge in [-0.25, -0.2) is 4.98 Å². The van der Waals surface area contributed by atoms with Crippen LogP contribution in [0.15, 0.2) is 23.8 Å². The highest BCUT2D eigenvalue weighted by Gasteiger charge is 2.19. The van der Waals surface area contributed by atoms with Crippen molar-refractivity contribution in [3.63, 3.8) is 0 Å². The van der Waals surface area contributed by atoms with Crippen LogP contribution in [0.4, 0.5) is 0 Å². The third kappa shape index (κ3) is 1.70. The van der Waals surface area contributed by atoms with Gasteiger partial charge in [0.1, 0.15) is 0 Å². The quantitative estimate of drug-likeness (QED) is 0.813. The molecule has 3 nitrogen and oxygen atoms in total. The van der Waals surface area contributed by atoms with Crippen molar-refractivity contribution in [2.24, 2.45) is 0 Å². The SMILES string of the molecule is c1cc(-c2csc(C3CCNC3)n2)c[nH]1. The van der Waals surface area contributed by atoms with Crippen LogP contribution < -0.4 is 5.32 Å². The molecule has 0 amide bonds. The van der Waals surface area contributed by atoms with Gasteiger partial charge in [0.05, 0.1) is 10.7 Å². The molecule has 78 valence electrons. The maximum absolute atomic E-state index is 4.69. The molecule has 0 radical (unpaired) electrons. The molecule has 0 aromatic carbocycles. The molecule has 0 bridgehead atoms. The molecular weight excluding hydrogens is 206 g/mol. The summed E-state index contributed by atoms with van der Waals surface area (Å²) in [5.41, 5.74) is 2.28. The maximum atomic E-state index is 4.69. The van der Waals surface area contributed by atoms with Gasteiger partial charge in [0.2, 0.25) is 0 Å². The van der Waals surface area contributed by atoms with Crippen LogP contribution >= 0.6 is 11.3 Å². The molecule has 0 aliphatic carbocycles. The van der Waals surface area contributed by atoms with Crippen LogP contribution in [0, 0.1) is 0 Å². The van der Waals surface area contributed by atoms with Crippen LogP contribution in [0.2, 0.25) is 0 Å². The smallest absolute Gasteiger partial charge is 0.0976 e. The lowest BCUT2D eigenvalue weighted by Crippen LogP contribution is -2.07. The number of rotatable bonds is 2. The zero-order chi connectivity index (χ0) is 10.1. The number of H-pyrrole nitrogens is 1. The Hall–Kier alpha value is -1.13. The second kappa shape index (κ2) is 3.79. The van der Waals surface area contributed by atoms with Gasteiger partial charge in [-0.05, 0) is 19.0 Å². The Balaban J connectivity index is 1.87. The van der Waals surface area contributed by atoms with E-state index in [9.17, 15) is 0 Å². The Morgan fingerprint density at radius 3 is 3.20 bits per heavy atom. The molecule has 1 atom stereocenters. The van der Waals surface area contributed by atoms with Gasteiger partial charge in [-0.1, -0.05) is 0 Å². The molecular formula is C11H13N3S. The third-order valence-electron chi connectivity index (χ3n) is 2.83. The van der Waals surface area contributed by atoms with Crippen molar-refractivity contribution in [1.82, 2.24) is 15.3 Å². The molecule has 2 aromatic heterocycles. The maximum Gasteiger partial charge on any atom is 0.0976 e. The average Bonchev–Trinajstić information content (AvgIpc) is 3.02. The van der Waals surface area contributed by atoms with Gasteiger partial charge < -0.3 is 10.3 Å². The highest BCUT2D eigenvalue weighted by atomic mass is 32.1. The highest BCUT2D eigenvalue weighted by molar-refractivity contribution is 7.10. The highest BCUT2D eigenvalue weighted by Crippen LogP contribution is 2.29. The summed E-state index contributed by atoms with van der Waals surface area (Å²) in [6, 6.07) is 2.06. The molecule has 1 saturated heterocycles. The first kappa shape index (κ1) is 9.12. The molecule has 1 aliphatic heterocycles. The van der Waals surface area contributed by atoms with Crippen LogP contribution in [0.5, 0.6) is 0 Å². The lowest BCUT2D eigenvalue weighted by atomic mass is 10.1. The van der Waals surface area contributed by atoms with E-state index in [-0.39, 0.29) is 0 Å². The first-order chi connectivity index (χ1) is 7.43. The standard InChI is InChI=1S/C11H13N3S/c1-3-12-5-8(1)10-7-15-11(14-10)9-2-4-13-6-9/h1,3,5,7,9,12-13H,2,4,6H2. The van der Waals surface area contributed by atoms with E-state index in [4.69, 9.17) is 4.98 Å². The Kier molecular flexibility index (Phi) is 2.31. The Labute approximate surface area is 92.6 Å². The van der Waals surface area contributed by atoms with E-state index in [2.05, 4.69) is 21.7 Å². The second-order valence-electron chi connectivity index (χ2n) is 3.86. The molecule has 2 N–H and O–H groups in total. The van der Waals surface area contributed by atoms with Crippen LogP contribution in [0.3, 0.4) is 0 Å². The predicted octanol–water partition coefficient (Wildman–Crippen LogP) is 2.22. The second-order valence-corrected chi connectivity index (χ2v) is 4.75. The van der Waals surface area contributed by atoms with E-state index in [1.807, 2.05) is 12.4 Å². The van der Waals surface area contributed by atoms with Gasteiger partial charge in [-0.3, -0.25) is 0 Å². The monoisotopic (exact) mass is 219 g/mol. The van der Waals surface area contributed by atoms with Crippen molar-refractivity contribution in [3.05, 3.63) is 28.8 Å². The molecule has 15 heavy (non-hydrogen) atoms. The number of nitrogens with one attached hydrogen (secondary N) is 2. The van der Waals surface area contributed by atoms with Crippen LogP contribution in [0.25, 0.3) is 11.3 Å². The number of hydrogen-bond acceptors (Lipinski definition) is 3. The summed E-state index contributed by atoms with van der Waals surface area (Å²) in [4.78, 5) is 7.75. The lowest BCUT2D eigenvalue weighted by Gasteiger charge is -2.01. The zero-order valence-electron chi connectivity index (χ0n) is 8.36. The molecule has 3 heterocycles. The van der Waals surface area contributed by atoms with Crippen LogP contribution in [0.1, 0.15) is 17.3 Å². The van der Waals surface area contributed by atoms with E-state index >= 15 is 0 Å². The minimum Gasteiger partial charge on any atom is -0.367 e. The molecule has 1 aliphatic rings. The summed E-state index contributed by atoms with van der Waals surface area (Å²) in [7, 11) is 0. The van der Waals surface area contributed by atoms with Gasteiger partial charge in [0.15, 0.2) is 0 Å². The van der Waals surface area contributed by atoms with E-state index in [0.29, 0.717) is 5.92 Å². The summed E-state index contributed by atoms with van der Waals surface area (Å²) in [6.45, 7) is 2.21. The summed E-state index contributed by atoms with van der Waals surface area (Å²) >= 11 is 1.78. The molecule has 2 aromatic rings. The number of nitrogens with zero attached hydrogens (tertiary/aromatic N) is 1. The van der Waals surface area contributed by atoms with Crippen molar-refractivity contribution >= 4 is 11.3 Å². The van der Waals surface area contributed by atoms with Crippen LogP contribution in [-0.4, -0.2) is 23.1 Å². The number of aromatic nitrogens is 2. The van der Waals surface area contributed by atoms with Crippen LogP contribution in [-0.2, 0) is 0 Å². The number of aromatic amines is 1. The lowest BCUT2D eigenvalue weighted by molar-refractivity contribution is 0.756. The Morgan fingerprint density at radius 1 is 1.47 bits per heavy atom. The molecule has 4 heteroatoms. The summed E-state index contributed by atoms with van der Waals surface area (Å²) in [5, 5.41) is 6.80. The number of hydrogen-bond donors (Lipinski definition) is 2. The molecule has 1 unspecified atom stereocenters. The Bertz CT molecular complexity index is 426. The van der Waals surface area contributed by atoms with Crippen molar-refractivity contribution in [2.45, 2.75) is 12.3 Å². The fraction of sp³-hybridized carbons (Fsp3) is 0.364. The third-order valence-corrected chi connectivity index (χ3v) is 3.83. The van der Waals surface area contributed by atoms with Gasteiger partial charge in [-0.15, -0.1) is 11.3 Å². The normalized spacial score (nSPS) is 20.9. The van der Waals surface area contributed by atoms with Crippen molar-refractivity contribution in [2.75, 3.05) is 13.1 Å². The van der Waals surface area contributed by atoms with E-state index in [0.717, 1.165) is 18.8 Å². The first-order valence-corrected chi connectivity index (χ1v) is 6.11. The van der Waals surface area contributed by atoms with Crippen molar-refractivity contribution < 1.29 is 0 Å². The average molecular weight is 219 g/mol. The topological polar surface area (TPSA) is 40.7 Å². The molecule has 0 saturated carbocycles. The van der Waals surface area contributed by atoms with E-state index in [1.165, 1.54) is 17.0 Å². The summed E-state index contributed by atoms with van der Waals surface area (Å²) < 4.78 is 0. The molecule has 1 fully saturated rings. The van der Waals surface area contributed by atoms with E-state index < -0.39 is 0 Å². The molecule has 3 rings (SSSR count). The Morgan fingerprint density at radius 2 is 2.47 bits per heavy atom. The summed E-state index contributed by atoms with van der Waals surface area (Å²) in [5.74, 6) is 0.627. The minimum atomic E-state index is 0.627. The minimum absolute atomic E-state index is 0.627. The fourth-order valence-electron chi connectivity index (χ4n) is 1.96. The van der Waals surface area contributed by atoms with Gasteiger partial charge in [0.25, 0.3) is 0 Å². The largest absolute Gasteiger partial charge is 0.367 e. The fourth-order valence-corrected chi connectivity index (χ4v) is 2.92. The van der Waals surface area contributed by atoms with Gasteiger partial charge >= 0.3 is 0 Å². The molecule has 0 spiro atoms. The predicted molar refractivity (Wildman–Crippen MR) is 62.1 cm³/mol. The number of thiazole rings is 1. The van der Waals surface area contributed by atoms with E-state index in [1.54, 1.807) is 11.3 Å². The summed E-state index contributed by atoms with van der Waals surface area (Å²) in [6.07, 6.45) is 5.15. The van der Waals surface area contributed by atoms with Gasteiger partial charge in [-0.2, -0.15) is 0 Å². The van der Waals surface area contributed by atoms with Crippen molar-refractivity contribution in [1.29, 1.82) is 0 Å². The van der Waals surface area contributed by atoms with Gasteiger partial charge in [0, 0.05) is 35.8 Å². The first-order valence-electron chi connectivity index (χ1n) is 5.23. The van der Waals surface area contributed by atoms with Crippen molar-refractivity contribution in [3.8, 4) is 11.3 Å². The zero-order valence-corrected chi connectivity index (χ0v) is 9.18.